The first kappa shape index (κ1) is 16.1. The first-order valence-corrected chi connectivity index (χ1v) is 7.96. The number of hydrogen-bond acceptors (Lipinski definition) is 3. The third kappa shape index (κ3) is 4.58. The van der Waals surface area contributed by atoms with Gasteiger partial charge in [-0.05, 0) is 31.0 Å². The van der Waals surface area contributed by atoms with E-state index in [0.717, 1.165) is 42.9 Å². The van der Waals surface area contributed by atoms with Crippen LogP contribution in [0.5, 0.6) is 0 Å². The summed E-state index contributed by atoms with van der Waals surface area (Å²) >= 11 is 12.1. The summed E-state index contributed by atoms with van der Waals surface area (Å²) in [6.45, 7) is 5.15. The third-order valence-electron chi connectivity index (χ3n) is 2.96. The number of halogens is 2. The highest BCUT2D eigenvalue weighted by molar-refractivity contribution is 6.35. The Balaban J connectivity index is 2.42. The van der Waals surface area contributed by atoms with Crippen LogP contribution < -0.4 is 5.32 Å². The van der Waals surface area contributed by atoms with Crippen molar-refractivity contribution in [3.63, 3.8) is 0 Å². The number of benzene rings is 1. The quantitative estimate of drug-likeness (QED) is 0.791. The zero-order chi connectivity index (χ0) is 15.2. The molecule has 2 rings (SSSR count). The summed E-state index contributed by atoms with van der Waals surface area (Å²) in [5.74, 6) is 1.50. The summed E-state index contributed by atoms with van der Waals surface area (Å²) in [5.41, 5.74) is 1.86. The lowest BCUT2D eigenvalue weighted by molar-refractivity contribution is 0.872. The minimum Gasteiger partial charge on any atom is -0.370 e. The molecule has 0 bridgehead atoms. The Morgan fingerprint density at radius 3 is 2.29 bits per heavy atom. The van der Waals surface area contributed by atoms with Crippen LogP contribution >= 0.6 is 23.2 Å². The Morgan fingerprint density at radius 1 is 0.952 bits per heavy atom. The largest absolute Gasteiger partial charge is 0.370 e. The van der Waals surface area contributed by atoms with Crippen molar-refractivity contribution in [3.05, 3.63) is 40.0 Å². The first-order valence-electron chi connectivity index (χ1n) is 7.20. The number of nitrogens with zero attached hydrogens (tertiary/aromatic N) is 2. The van der Waals surface area contributed by atoms with Crippen molar-refractivity contribution in [2.45, 2.75) is 33.1 Å². The van der Waals surface area contributed by atoms with Gasteiger partial charge in [0.15, 0.2) is 5.82 Å². The summed E-state index contributed by atoms with van der Waals surface area (Å²) in [5, 5.41) is 4.49. The van der Waals surface area contributed by atoms with Crippen molar-refractivity contribution in [1.82, 2.24) is 9.97 Å². The normalized spacial score (nSPS) is 10.7. The minimum absolute atomic E-state index is 0.588. The van der Waals surface area contributed by atoms with Crippen molar-refractivity contribution in [2.75, 3.05) is 11.9 Å². The van der Waals surface area contributed by atoms with Gasteiger partial charge >= 0.3 is 0 Å². The highest BCUT2D eigenvalue weighted by atomic mass is 35.5. The van der Waals surface area contributed by atoms with Crippen LogP contribution in [0.4, 0.5) is 5.82 Å². The van der Waals surface area contributed by atoms with Gasteiger partial charge in [-0.3, -0.25) is 0 Å². The van der Waals surface area contributed by atoms with Crippen LogP contribution in [0.3, 0.4) is 0 Å². The molecule has 0 saturated carbocycles. The molecule has 0 atom stereocenters. The van der Waals surface area contributed by atoms with Gasteiger partial charge in [0, 0.05) is 33.9 Å². The van der Waals surface area contributed by atoms with Gasteiger partial charge in [-0.1, -0.05) is 43.5 Å². The van der Waals surface area contributed by atoms with Gasteiger partial charge in [-0.25, -0.2) is 9.97 Å². The number of hydrogen-bond donors (Lipinski definition) is 1. The van der Waals surface area contributed by atoms with E-state index in [0.29, 0.717) is 15.9 Å². The van der Waals surface area contributed by atoms with Crippen LogP contribution in [0.1, 0.15) is 32.4 Å². The van der Waals surface area contributed by atoms with E-state index >= 15 is 0 Å². The van der Waals surface area contributed by atoms with Gasteiger partial charge in [0.05, 0.1) is 0 Å². The van der Waals surface area contributed by atoms with E-state index in [1.807, 2.05) is 18.2 Å². The van der Waals surface area contributed by atoms with Crippen LogP contribution in [0.2, 0.25) is 10.0 Å². The molecule has 5 heteroatoms. The van der Waals surface area contributed by atoms with Gasteiger partial charge < -0.3 is 5.32 Å². The monoisotopic (exact) mass is 323 g/mol. The molecule has 0 aliphatic rings. The Hall–Kier alpha value is -1.32. The van der Waals surface area contributed by atoms with E-state index in [4.69, 9.17) is 23.2 Å². The maximum Gasteiger partial charge on any atom is 0.161 e. The van der Waals surface area contributed by atoms with Gasteiger partial charge in [0.2, 0.25) is 0 Å². The van der Waals surface area contributed by atoms with E-state index < -0.39 is 0 Å². The Kier molecular flexibility index (Phi) is 5.83. The molecular weight excluding hydrogens is 305 g/mol. The smallest absolute Gasteiger partial charge is 0.161 e. The summed E-state index contributed by atoms with van der Waals surface area (Å²) in [6.07, 6.45) is 3.01. The SMILES string of the molecule is CCCNc1cc(CCC)nc(-c2cc(Cl)cc(Cl)c2)n1. The number of aromatic nitrogens is 2. The Morgan fingerprint density at radius 2 is 1.67 bits per heavy atom. The number of aryl methyl sites for hydroxylation is 1. The molecule has 0 amide bonds. The lowest BCUT2D eigenvalue weighted by Gasteiger charge is -2.10. The lowest BCUT2D eigenvalue weighted by Crippen LogP contribution is -2.05. The van der Waals surface area contributed by atoms with Gasteiger partial charge in [-0.2, -0.15) is 0 Å². The maximum atomic E-state index is 6.07. The topological polar surface area (TPSA) is 37.8 Å². The van der Waals surface area contributed by atoms with Crippen molar-refractivity contribution in [2.24, 2.45) is 0 Å². The Bertz CT molecular complexity index is 594. The fraction of sp³-hybridized carbons (Fsp3) is 0.375. The van der Waals surface area contributed by atoms with E-state index in [2.05, 4.69) is 29.1 Å². The minimum atomic E-state index is 0.588. The molecule has 112 valence electrons. The zero-order valence-corrected chi connectivity index (χ0v) is 13.8. The zero-order valence-electron chi connectivity index (χ0n) is 12.3. The van der Waals surface area contributed by atoms with Crippen molar-refractivity contribution >= 4 is 29.0 Å². The molecule has 0 saturated heterocycles. The molecule has 1 aromatic carbocycles. The standard InChI is InChI=1S/C16H19Cl2N3/c1-3-5-14-10-15(19-6-4-2)21-16(20-14)11-7-12(17)9-13(18)8-11/h7-10H,3-6H2,1-2H3,(H,19,20,21). The van der Waals surface area contributed by atoms with Gasteiger partial charge in [0.1, 0.15) is 5.82 Å². The second kappa shape index (κ2) is 7.62. The molecule has 3 nitrogen and oxygen atoms in total. The van der Waals surface area contributed by atoms with Crippen molar-refractivity contribution < 1.29 is 0 Å². The fourth-order valence-corrected chi connectivity index (χ4v) is 2.56. The van der Waals surface area contributed by atoms with Crippen molar-refractivity contribution in [3.8, 4) is 11.4 Å². The third-order valence-corrected chi connectivity index (χ3v) is 3.40. The van der Waals surface area contributed by atoms with E-state index in [1.165, 1.54) is 0 Å². The number of nitrogens with one attached hydrogen (secondary N) is 1. The van der Waals surface area contributed by atoms with Crippen LogP contribution in [0.15, 0.2) is 24.3 Å². The molecule has 1 heterocycles. The highest BCUT2D eigenvalue weighted by Gasteiger charge is 2.08. The average molecular weight is 324 g/mol. The van der Waals surface area contributed by atoms with Gasteiger partial charge in [-0.15, -0.1) is 0 Å². The fourth-order valence-electron chi connectivity index (χ4n) is 2.04. The molecule has 0 radical (unpaired) electrons. The second-order valence-corrected chi connectivity index (χ2v) is 5.78. The maximum absolute atomic E-state index is 6.07. The predicted molar refractivity (Wildman–Crippen MR) is 90.3 cm³/mol. The second-order valence-electron chi connectivity index (χ2n) is 4.90. The van der Waals surface area contributed by atoms with E-state index in [1.54, 1.807) is 6.07 Å². The van der Waals surface area contributed by atoms with Crippen LogP contribution in [0, 0.1) is 0 Å². The molecular formula is C16H19Cl2N3. The predicted octanol–water partition coefficient (Wildman–Crippen LogP) is 5.22. The van der Waals surface area contributed by atoms with Gasteiger partial charge in [0.25, 0.3) is 0 Å². The lowest BCUT2D eigenvalue weighted by atomic mass is 10.2. The number of rotatable bonds is 6. The Labute approximate surface area is 135 Å². The molecule has 2 aromatic rings. The molecule has 0 spiro atoms. The van der Waals surface area contributed by atoms with Crippen LogP contribution in [0.25, 0.3) is 11.4 Å². The van der Waals surface area contributed by atoms with Crippen LogP contribution in [-0.4, -0.2) is 16.5 Å². The van der Waals surface area contributed by atoms with E-state index in [-0.39, 0.29) is 0 Å². The summed E-state index contributed by atoms with van der Waals surface area (Å²) in [7, 11) is 0. The highest BCUT2D eigenvalue weighted by Crippen LogP contribution is 2.26. The molecule has 1 N–H and O–H groups in total. The first-order chi connectivity index (χ1) is 10.1. The molecule has 0 fully saturated rings. The molecule has 0 aliphatic heterocycles. The van der Waals surface area contributed by atoms with Crippen LogP contribution in [-0.2, 0) is 6.42 Å². The molecule has 21 heavy (non-hydrogen) atoms. The average Bonchev–Trinajstić information content (AvgIpc) is 2.44. The summed E-state index contributed by atoms with van der Waals surface area (Å²) in [6, 6.07) is 7.39. The summed E-state index contributed by atoms with van der Waals surface area (Å²) in [4.78, 5) is 9.18. The van der Waals surface area contributed by atoms with Crippen molar-refractivity contribution in [1.29, 1.82) is 0 Å². The molecule has 0 aliphatic carbocycles. The van der Waals surface area contributed by atoms with E-state index in [9.17, 15) is 0 Å². The summed E-state index contributed by atoms with van der Waals surface area (Å²) < 4.78 is 0. The molecule has 0 unspecified atom stereocenters. The number of anilines is 1. The molecule has 1 aromatic heterocycles.